The van der Waals surface area contributed by atoms with Crippen molar-refractivity contribution in [1.82, 2.24) is 4.98 Å². The van der Waals surface area contributed by atoms with Gasteiger partial charge < -0.3 is 5.73 Å². The molecule has 14 heavy (non-hydrogen) atoms. The molecule has 0 radical (unpaired) electrons. The molecule has 0 aliphatic heterocycles. The van der Waals surface area contributed by atoms with Gasteiger partial charge in [-0.25, -0.2) is 4.98 Å². The SMILES string of the molecule is NC(=NCc1nccs1)C1CCCC1. The maximum absolute atomic E-state index is 5.92. The van der Waals surface area contributed by atoms with Crippen LogP contribution in [0.2, 0.25) is 0 Å². The standard InChI is InChI=1S/C10H15N3S/c11-10(8-3-1-2-4-8)13-7-9-12-5-6-14-9/h5-6,8H,1-4,7H2,(H2,11,13). The Hall–Kier alpha value is -0.900. The lowest BCUT2D eigenvalue weighted by Gasteiger charge is -2.06. The average molecular weight is 209 g/mol. The van der Waals surface area contributed by atoms with Gasteiger partial charge in [0.2, 0.25) is 0 Å². The molecule has 1 aliphatic rings. The van der Waals surface area contributed by atoms with E-state index in [0.29, 0.717) is 12.5 Å². The first kappa shape index (κ1) is 9.65. The quantitative estimate of drug-likeness (QED) is 0.613. The Morgan fingerprint density at radius 3 is 3.00 bits per heavy atom. The molecule has 0 aromatic carbocycles. The van der Waals surface area contributed by atoms with Crippen LogP contribution in [-0.2, 0) is 6.54 Å². The van der Waals surface area contributed by atoms with Gasteiger partial charge in [-0.2, -0.15) is 0 Å². The highest BCUT2D eigenvalue weighted by Gasteiger charge is 2.18. The van der Waals surface area contributed by atoms with Crippen molar-refractivity contribution in [3.63, 3.8) is 0 Å². The molecular formula is C10H15N3S. The molecule has 1 aromatic rings. The molecular weight excluding hydrogens is 194 g/mol. The Bertz CT molecular complexity index is 299. The third-order valence-corrected chi connectivity index (χ3v) is 3.42. The van der Waals surface area contributed by atoms with Crippen molar-refractivity contribution in [2.75, 3.05) is 0 Å². The van der Waals surface area contributed by atoms with Gasteiger partial charge in [-0.05, 0) is 12.8 Å². The monoisotopic (exact) mass is 209 g/mol. The first-order valence-electron chi connectivity index (χ1n) is 5.04. The highest BCUT2D eigenvalue weighted by molar-refractivity contribution is 7.09. The summed E-state index contributed by atoms with van der Waals surface area (Å²) in [4.78, 5) is 8.56. The number of hydrogen-bond acceptors (Lipinski definition) is 3. The van der Waals surface area contributed by atoms with Crippen LogP contribution in [0.25, 0.3) is 0 Å². The van der Waals surface area contributed by atoms with E-state index in [0.717, 1.165) is 10.8 Å². The summed E-state index contributed by atoms with van der Waals surface area (Å²) >= 11 is 1.63. The number of hydrogen-bond donors (Lipinski definition) is 1. The van der Waals surface area contributed by atoms with Crippen molar-refractivity contribution in [2.45, 2.75) is 32.2 Å². The second-order valence-electron chi connectivity index (χ2n) is 3.65. The minimum atomic E-state index is 0.537. The van der Waals surface area contributed by atoms with Gasteiger partial charge in [0.25, 0.3) is 0 Å². The predicted molar refractivity (Wildman–Crippen MR) is 59.4 cm³/mol. The zero-order valence-corrected chi connectivity index (χ0v) is 8.96. The van der Waals surface area contributed by atoms with Crippen LogP contribution in [-0.4, -0.2) is 10.8 Å². The van der Waals surface area contributed by atoms with Crippen molar-refractivity contribution in [1.29, 1.82) is 0 Å². The first-order chi connectivity index (χ1) is 6.86. The summed E-state index contributed by atoms with van der Waals surface area (Å²) in [7, 11) is 0. The summed E-state index contributed by atoms with van der Waals surface area (Å²) in [5.74, 6) is 1.37. The van der Waals surface area contributed by atoms with Crippen molar-refractivity contribution in [2.24, 2.45) is 16.6 Å². The molecule has 0 atom stereocenters. The molecule has 0 amide bonds. The van der Waals surface area contributed by atoms with Crippen molar-refractivity contribution in [3.05, 3.63) is 16.6 Å². The zero-order chi connectivity index (χ0) is 9.80. The predicted octanol–water partition coefficient (Wildman–Crippen LogP) is 2.19. The summed E-state index contributed by atoms with van der Waals surface area (Å²) in [5, 5.41) is 3.02. The molecule has 0 spiro atoms. The van der Waals surface area contributed by atoms with Crippen LogP contribution in [0.5, 0.6) is 0 Å². The number of rotatable bonds is 3. The fourth-order valence-corrected chi connectivity index (χ4v) is 2.38. The second kappa shape index (κ2) is 4.55. The van der Waals surface area contributed by atoms with Crippen LogP contribution in [0.4, 0.5) is 0 Å². The summed E-state index contributed by atoms with van der Waals surface area (Å²) in [6, 6.07) is 0. The number of thiazole rings is 1. The largest absolute Gasteiger partial charge is 0.387 e. The van der Waals surface area contributed by atoms with E-state index in [2.05, 4.69) is 9.98 Å². The van der Waals surface area contributed by atoms with Crippen molar-refractivity contribution < 1.29 is 0 Å². The number of aliphatic imine (C=N–C) groups is 1. The summed E-state index contributed by atoms with van der Waals surface area (Å²) in [6.07, 6.45) is 6.85. The van der Waals surface area contributed by atoms with E-state index in [-0.39, 0.29) is 0 Å². The van der Waals surface area contributed by atoms with Gasteiger partial charge in [-0.3, -0.25) is 4.99 Å². The van der Waals surface area contributed by atoms with Crippen LogP contribution >= 0.6 is 11.3 Å². The van der Waals surface area contributed by atoms with Crippen molar-refractivity contribution in [3.8, 4) is 0 Å². The van der Waals surface area contributed by atoms with Gasteiger partial charge in [-0.1, -0.05) is 12.8 Å². The molecule has 0 bridgehead atoms. The molecule has 1 saturated carbocycles. The fraction of sp³-hybridized carbons (Fsp3) is 0.600. The molecule has 1 fully saturated rings. The minimum Gasteiger partial charge on any atom is -0.387 e. The Labute approximate surface area is 88.1 Å². The third-order valence-electron chi connectivity index (χ3n) is 2.65. The molecule has 1 aliphatic carbocycles. The summed E-state index contributed by atoms with van der Waals surface area (Å²) < 4.78 is 0. The zero-order valence-electron chi connectivity index (χ0n) is 8.15. The fourth-order valence-electron chi connectivity index (χ4n) is 1.84. The minimum absolute atomic E-state index is 0.537. The molecule has 3 nitrogen and oxygen atoms in total. The molecule has 0 saturated heterocycles. The molecule has 2 N–H and O–H groups in total. The van der Waals surface area contributed by atoms with Gasteiger partial charge in [0.15, 0.2) is 0 Å². The lowest BCUT2D eigenvalue weighted by atomic mass is 10.1. The summed E-state index contributed by atoms with van der Waals surface area (Å²) in [5.41, 5.74) is 5.92. The van der Waals surface area contributed by atoms with E-state index in [9.17, 15) is 0 Å². The highest BCUT2D eigenvalue weighted by Crippen LogP contribution is 2.24. The van der Waals surface area contributed by atoms with Gasteiger partial charge in [-0.15, -0.1) is 11.3 Å². The van der Waals surface area contributed by atoms with E-state index in [1.807, 2.05) is 5.38 Å². The van der Waals surface area contributed by atoms with E-state index in [4.69, 9.17) is 5.73 Å². The molecule has 1 aromatic heterocycles. The van der Waals surface area contributed by atoms with Crippen LogP contribution in [0.3, 0.4) is 0 Å². The Morgan fingerprint density at radius 2 is 2.36 bits per heavy atom. The van der Waals surface area contributed by atoms with Gasteiger partial charge >= 0.3 is 0 Å². The highest BCUT2D eigenvalue weighted by atomic mass is 32.1. The second-order valence-corrected chi connectivity index (χ2v) is 4.63. The van der Waals surface area contributed by atoms with Crippen LogP contribution in [0.15, 0.2) is 16.6 Å². The first-order valence-corrected chi connectivity index (χ1v) is 5.92. The van der Waals surface area contributed by atoms with Crippen LogP contribution < -0.4 is 5.73 Å². The van der Waals surface area contributed by atoms with Crippen LogP contribution in [0, 0.1) is 5.92 Å². The molecule has 0 unspecified atom stereocenters. The Kier molecular flexibility index (Phi) is 3.14. The van der Waals surface area contributed by atoms with E-state index >= 15 is 0 Å². The van der Waals surface area contributed by atoms with E-state index in [1.165, 1.54) is 25.7 Å². The molecule has 76 valence electrons. The number of nitrogens with zero attached hydrogens (tertiary/aromatic N) is 2. The molecule has 1 heterocycles. The topological polar surface area (TPSA) is 51.3 Å². The summed E-state index contributed by atoms with van der Waals surface area (Å²) in [6.45, 7) is 0.653. The normalized spacial score (nSPS) is 19.0. The molecule has 2 rings (SSSR count). The Morgan fingerprint density at radius 1 is 1.57 bits per heavy atom. The molecule has 4 heteroatoms. The van der Waals surface area contributed by atoms with E-state index in [1.54, 1.807) is 17.5 Å². The van der Waals surface area contributed by atoms with E-state index < -0.39 is 0 Å². The smallest absolute Gasteiger partial charge is 0.114 e. The average Bonchev–Trinajstić information content (AvgIpc) is 2.87. The third kappa shape index (κ3) is 2.32. The lowest BCUT2D eigenvalue weighted by Crippen LogP contribution is -2.21. The van der Waals surface area contributed by atoms with Gasteiger partial charge in [0, 0.05) is 17.5 Å². The lowest BCUT2D eigenvalue weighted by molar-refractivity contribution is 0.715. The maximum Gasteiger partial charge on any atom is 0.114 e. The number of aromatic nitrogens is 1. The number of nitrogens with two attached hydrogens (primary N) is 1. The Balaban J connectivity index is 1.90. The number of amidine groups is 1. The maximum atomic E-state index is 5.92. The van der Waals surface area contributed by atoms with Gasteiger partial charge in [0.1, 0.15) is 5.01 Å². The van der Waals surface area contributed by atoms with Crippen LogP contribution in [0.1, 0.15) is 30.7 Å². The van der Waals surface area contributed by atoms with Gasteiger partial charge in [0.05, 0.1) is 12.4 Å². The van der Waals surface area contributed by atoms with Crippen molar-refractivity contribution >= 4 is 17.2 Å².